The summed E-state index contributed by atoms with van der Waals surface area (Å²) in [6.45, 7) is 2.14. The van der Waals surface area contributed by atoms with E-state index < -0.39 is 6.04 Å². The first kappa shape index (κ1) is 24.9. The average molecular weight is 478 g/mol. The summed E-state index contributed by atoms with van der Waals surface area (Å²) >= 11 is 0. The van der Waals surface area contributed by atoms with Crippen LogP contribution in [0.4, 0.5) is 23.1 Å². The highest BCUT2D eigenvalue weighted by Gasteiger charge is 2.15. The molecule has 1 heterocycles. The Bertz CT molecular complexity index is 1290. The molecule has 0 aliphatic heterocycles. The van der Waals surface area contributed by atoms with Gasteiger partial charge in [0.05, 0.1) is 12.1 Å². The highest BCUT2D eigenvalue weighted by molar-refractivity contribution is 6.35. The summed E-state index contributed by atoms with van der Waals surface area (Å²) in [4.78, 5) is 21.8. The average Bonchev–Trinajstić information content (AvgIpc) is 2.90. The highest BCUT2D eigenvalue weighted by Crippen LogP contribution is 2.22. The number of benzene rings is 3. The van der Waals surface area contributed by atoms with E-state index in [1.165, 1.54) is 5.56 Å². The molecule has 36 heavy (non-hydrogen) atoms. The SMILES string of the molecule is Bc1cnc(Nc2cccc(NC(=O)C(N)Cc3ccccc3)c2)nc1NC(CC)c1ccccc1. The van der Waals surface area contributed by atoms with Crippen LogP contribution in [0.5, 0.6) is 0 Å². The summed E-state index contributed by atoms with van der Waals surface area (Å²) in [6.07, 6.45) is 3.19. The number of carbonyl (C=O) groups is 1. The fourth-order valence-corrected chi connectivity index (χ4v) is 3.92. The van der Waals surface area contributed by atoms with Crippen LogP contribution in [0.15, 0.2) is 91.1 Å². The first-order valence-electron chi connectivity index (χ1n) is 12.1. The van der Waals surface area contributed by atoms with Crippen molar-refractivity contribution in [3.63, 3.8) is 0 Å². The first-order valence-corrected chi connectivity index (χ1v) is 12.1. The van der Waals surface area contributed by atoms with Gasteiger partial charge in [-0.2, -0.15) is 4.98 Å². The second kappa shape index (κ2) is 12.0. The van der Waals surface area contributed by atoms with Crippen LogP contribution < -0.4 is 27.1 Å². The van der Waals surface area contributed by atoms with E-state index in [1.54, 1.807) is 6.20 Å². The minimum atomic E-state index is -0.644. The van der Waals surface area contributed by atoms with Crippen molar-refractivity contribution in [3.05, 3.63) is 102 Å². The minimum absolute atomic E-state index is 0.145. The van der Waals surface area contributed by atoms with Gasteiger partial charge in [-0.3, -0.25) is 4.79 Å². The zero-order valence-electron chi connectivity index (χ0n) is 20.6. The Hall–Kier alpha value is -4.17. The van der Waals surface area contributed by atoms with Crippen LogP contribution in [0.25, 0.3) is 0 Å². The molecule has 182 valence electrons. The molecule has 0 saturated heterocycles. The summed E-state index contributed by atoms with van der Waals surface area (Å²) in [5.41, 5.74) is 10.7. The van der Waals surface area contributed by atoms with Gasteiger partial charge in [0.1, 0.15) is 13.7 Å². The first-order chi connectivity index (χ1) is 17.5. The van der Waals surface area contributed by atoms with E-state index in [-0.39, 0.29) is 11.9 Å². The lowest BCUT2D eigenvalue weighted by atomic mass is 9.97. The number of anilines is 4. The predicted octanol–water partition coefficient (Wildman–Crippen LogP) is 3.55. The monoisotopic (exact) mass is 478 g/mol. The van der Waals surface area contributed by atoms with Crippen molar-refractivity contribution in [2.24, 2.45) is 5.73 Å². The maximum atomic E-state index is 12.6. The Labute approximate surface area is 213 Å². The van der Waals surface area contributed by atoms with Crippen molar-refractivity contribution in [3.8, 4) is 0 Å². The number of nitrogens with one attached hydrogen (secondary N) is 3. The molecular weight excluding hydrogens is 447 g/mol. The fraction of sp³-hybridized carbons (Fsp3) is 0.179. The molecular formula is C28H31BN6O. The maximum Gasteiger partial charge on any atom is 0.241 e. The zero-order valence-corrected chi connectivity index (χ0v) is 20.6. The number of rotatable bonds is 10. The summed E-state index contributed by atoms with van der Waals surface area (Å²) in [5.74, 6) is 1.01. The molecule has 1 aromatic heterocycles. The number of nitrogens with zero attached hydrogens (tertiary/aromatic N) is 2. The van der Waals surface area contributed by atoms with E-state index >= 15 is 0 Å². The van der Waals surface area contributed by atoms with Gasteiger partial charge in [-0.25, -0.2) is 4.98 Å². The Balaban J connectivity index is 1.42. The second-order valence-electron chi connectivity index (χ2n) is 8.73. The molecule has 4 rings (SSSR count). The fourth-order valence-electron chi connectivity index (χ4n) is 3.92. The van der Waals surface area contributed by atoms with Gasteiger partial charge >= 0.3 is 0 Å². The summed E-state index contributed by atoms with van der Waals surface area (Å²) < 4.78 is 0. The molecule has 0 fully saturated rings. The van der Waals surface area contributed by atoms with Gasteiger partial charge in [0.25, 0.3) is 0 Å². The van der Waals surface area contributed by atoms with Gasteiger partial charge in [0, 0.05) is 17.6 Å². The van der Waals surface area contributed by atoms with Crippen molar-refractivity contribution >= 4 is 42.4 Å². The van der Waals surface area contributed by atoms with Crippen molar-refractivity contribution in [2.45, 2.75) is 31.8 Å². The normalized spacial score (nSPS) is 12.4. The number of aromatic nitrogens is 2. The Morgan fingerprint density at radius 3 is 2.39 bits per heavy atom. The van der Waals surface area contributed by atoms with Gasteiger partial charge in [0.2, 0.25) is 11.9 Å². The van der Waals surface area contributed by atoms with Crippen LogP contribution in [0.1, 0.15) is 30.5 Å². The quantitative estimate of drug-likeness (QED) is 0.260. The Kier molecular flexibility index (Phi) is 8.31. The van der Waals surface area contributed by atoms with E-state index in [0.717, 1.165) is 29.0 Å². The molecule has 3 aromatic carbocycles. The molecule has 1 amide bonds. The van der Waals surface area contributed by atoms with Crippen LogP contribution in [-0.4, -0.2) is 29.8 Å². The Morgan fingerprint density at radius 1 is 0.972 bits per heavy atom. The number of hydrogen-bond donors (Lipinski definition) is 4. The summed E-state index contributed by atoms with van der Waals surface area (Å²) in [6, 6.07) is 27.0. The number of nitrogens with two attached hydrogens (primary N) is 1. The lowest BCUT2D eigenvalue weighted by molar-refractivity contribution is -0.117. The molecule has 8 heteroatoms. The molecule has 0 aliphatic rings. The maximum absolute atomic E-state index is 12.6. The van der Waals surface area contributed by atoms with Gasteiger partial charge < -0.3 is 21.7 Å². The topological polar surface area (TPSA) is 105 Å². The van der Waals surface area contributed by atoms with Gasteiger partial charge in [0.15, 0.2) is 0 Å². The van der Waals surface area contributed by atoms with Crippen LogP contribution in [0.3, 0.4) is 0 Å². The lowest BCUT2D eigenvalue weighted by Gasteiger charge is -2.20. The number of amides is 1. The number of carbonyl (C=O) groups excluding carboxylic acids is 1. The molecule has 0 saturated carbocycles. The third-order valence-electron chi connectivity index (χ3n) is 5.91. The van der Waals surface area contributed by atoms with E-state index in [4.69, 9.17) is 10.7 Å². The molecule has 0 aliphatic carbocycles. The molecule has 0 radical (unpaired) electrons. The molecule has 5 N–H and O–H groups in total. The smallest absolute Gasteiger partial charge is 0.241 e. The summed E-state index contributed by atoms with van der Waals surface area (Å²) in [5, 5.41) is 9.69. The van der Waals surface area contributed by atoms with Crippen LogP contribution in [0.2, 0.25) is 0 Å². The molecule has 2 unspecified atom stereocenters. The Morgan fingerprint density at radius 2 is 1.67 bits per heavy atom. The molecule has 0 bridgehead atoms. The third-order valence-corrected chi connectivity index (χ3v) is 5.91. The third kappa shape index (κ3) is 6.70. The van der Waals surface area contributed by atoms with E-state index in [0.29, 0.717) is 18.1 Å². The van der Waals surface area contributed by atoms with Gasteiger partial charge in [-0.05, 0) is 47.6 Å². The molecule has 7 nitrogen and oxygen atoms in total. The van der Waals surface area contributed by atoms with Crippen molar-refractivity contribution < 1.29 is 4.79 Å². The van der Waals surface area contributed by atoms with Crippen LogP contribution in [-0.2, 0) is 11.2 Å². The van der Waals surface area contributed by atoms with Crippen molar-refractivity contribution in [2.75, 3.05) is 16.0 Å². The van der Waals surface area contributed by atoms with E-state index in [1.807, 2.05) is 80.6 Å². The van der Waals surface area contributed by atoms with Gasteiger partial charge in [-0.15, -0.1) is 0 Å². The van der Waals surface area contributed by atoms with Crippen LogP contribution in [0, 0.1) is 0 Å². The minimum Gasteiger partial charge on any atom is -0.364 e. The standard InChI is InChI=1S/C28H31BN6O/c1-2-25(20-12-7-4-8-13-20)34-26-23(29)18-31-28(35-26)33-22-15-9-14-21(17-22)32-27(36)24(30)16-19-10-5-3-6-11-19/h3-15,17-18,24-25H,2,16,29-30H2,1H3,(H,32,36)(H2,31,33,34,35). The van der Waals surface area contributed by atoms with Crippen molar-refractivity contribution in [1.29, 1.82) is 0 Å². The lowest BCUT2D eigenvalue weighted by Crippen LogP contribution is -2.37. The number of hydrogen-bond acceptors (Lipinski definition) is 6. The zero-order chi connectivity index (χ0) is 25.3. The van der Waals surface area contributed by atoms with Crippen LogP contribution >= 0.6 is 0 Å². The molecule has 0 spiro atoms. The van der Waals surface area contributed by atoms with E-state index in [9.17, 15) is 4.79 Å². The molecule has 2 atom stereocenters. The van der Waals surface area contributed by atoms with Gasteiger partial charge in [-0.1, -0.05) is 73.7 Å². The van der Waals surface area contributed by atoms with E-state index in [2.05, 4.69) is 40.0 Å². The van der Waals surface area contributed by atoms with Crippen molar-refractivity contribution in [1.82, 2.24) is 9.97 Å². The predicted molar refractivity (Wildman–Crippen MR) is 150 cm³/mol. The molecule has 4 aromatic rings. The highest BCUT2D eigenvalue weighted by atomic mass is 16.2. The summed E-state index contributed by atoms with van der Waals surface area (Å²) in [7, 11) is 1.98. The second-order valence-corrected chi connectivity index (χ2v) is 8.73. The largest absolute Gasteiger partial charge is 0.364 e.